The maximum atomic E-state index is 12.2. The van der Waals surface area contributed by atoms with Gasteiger partial charge in [-0.15, -0.1) is 0 Å². The van der Waals surface area contributed by atoms with Gasteiger partial charge in [-0.1, -0.05) is 13.3 Å². The van der Waals surface area contributed by atoms with Crippen molar-refractivity contribution in [2.24, 2.45) is 17.8 Å². The van der Waals surface area contributed by atoms with E-state index in [1.165, 1.54) is 34.9 Å². The molecule has 2 aliphatic carbocycles. The summed E-state index contributed by atoms with van der Waals surface area (Å²) in [6, 6.07) is 0.373. The largest absolute Gasteiger partial charge is 0.390 e. The summed E-state index contributed by atoms with van der Waals surface area (Å²) in [4.78, 5) is 15.5. The third-order valence-corrected chi connectivity index (χ3v) is 10.4. The highest BCUT2D eigenvalue weighted by atomic mass is 31.2. The van der Waals surface area contributed by atoms with E-state index in [-0.39, 0.29) is 31.7 Å². The average Bonchev–Trinajstić information content (AvgIpc) is 3.11. The molecule has 0 aromatic heterocycles. The molecule has 4 aliphatic rings. The first-order chi connectivity index (χ1) is 19.7. The summed E-state index contributed by atoms with van der Waals surface area (Å²) < 4.78 is 58.5. The highest BCUT2D eigenvalue weighted by Crippen LogP contribution is 2.59. The predicted molar refractivity (Wildman–Crippen MR) is 143 cm³/mol. The number of fused-ring (bicyclic) bond motifs is 1. The molecule has 14 nitrogen and oxygen atoms in total. The van der Waals surface area contributed by atoms with Crippen LogP contribution in [0.15, 0.2) is 0 Å². The summed E-state index contributed by atoms with van der Waals surface area (Å²) in [7, 11) is 1.81. The Bertz CT molecular complexity index is 867. The Morgan fingerprint density at radius 3 is 2.39 bits per heavy atom. The monoisotopic (exact) mass is 613 g/mol. The van der Waals surface area contributed by atoms with Gasteiger partial charge in [-0.3, -0.25) is 9.40 Å². The Kier molecular flexibility index (Phi) is 12.0. The van der Waals surface area contributed by atoms with Crippen molar-refractivity contribution < 1.29 is 62.2 Å². The molecule has 4 N–H and O–H groups in total. The number of hydroxylamine groups is 1. The van der Waals surface area contributed by atoms with Crippen LogP contribution < -0.4 is 5.48 Å². The second-order valence-corrected chi connectivity index (χ2v) is 13.3. The zero-order chi connectivity index (χ0) is 29.8. The van der Waals surface area contributed by atoms with Crippen LogP contribution in [0.1, 0.15) is 39.0 Å². The van der Waals surface area contributed by atoms with Gasteiger partial charge >= 0.3 is 7.60 Å². The molecule has 2 heterocycles. The molecular weight excluding hydrogens is 565 g/mol. The lowest BCUT2D eigenvalue weighted by Crippen LogP contribution is -2.67. The van der Waals surface area contributed by atoms with Gasteiger partial charge in [-0.2, -0.15) is 5.48 Å². The summed E-state index contributed by atoms with van der Waals surface area (Å²) in [5.74, 6) is -2.93. The maximum absolute atomic E-state index is 12.2. The van der Waals surface area contributed by atoms with Gasteiger partial charge in [0.25, 0.3) is 0 Å². The van der Waals surface area contributed by atoms with Crippen molar-refractivity contribution in [2.45, 2.75) is 94.0 Å². The smallest absolute Gasteiger partial charge is 0.327 e. The van der Waals surface area contributed by atoms with E-state index in [1.807, 2.05) is 6.92 Å². The van der Waals surface area contributed by atoms with Crippen molar-refractivity contribution in [3.8, 4) is 0 Å². The number of hydrogen-bond donors (Lipinski definition) is 4. The number of rotatable bonds is 17. The van der Waals surface area contributed by atoms with E-state index in [2.05, 4.69) is 5.48 Å². The molecule has 4 rings (SSSR count). The zero-order valence-electron chi connectivity index (χ0n) is 24.6. The summed E-state index contributed by atoms with van der Waals surface area (Å²) in [5.41, 5.74) is 3.03. The van der Waals surface area contributed by atoms with Gasteiger partial charge in [0, 0.05) is 46.3 Å². The van der Waals surface area contributed by atoms with E-state index in [0.717, 1.165) is 12.8 Å². The lowest BCUT2D eigenvalue weighted by Gasteiger charge is -2.54. The van der Waals surface area contributed by atoms with Crippen LogP contribution in [0, 0.1) is 17.8 Å². The molecule has 8 unspecified atom stereocenters. The molecule has 2 saturated heterocycles. The minimum absolute atomic E-state index is 0.0991. The molecule has 4 fully saturated rings. The minimum Gasteiger partial charge on any atom is -0.390 e. The van der Waals surface area contributed by atoms with Crippen LogP contribution in [0.2, 0.25) is 0 Å². The van der Waals surface area contributed by atoms with Gasteiger partial charge in [0.1, 0.15) is 12.2 Å². The number of aliphatic hydroxyl groups is 2. The van der Waals surface area contributed by atoms with Crippen molar-refractivity contribution in [3.05, 3.63) is 0 Å². The predicted octanol–water partition coefficient (Wildman–Crippen LogP) is 0.763. The molecule has 0 aromatic rings. The van der Waals surface area contributed by atoms with E-state index < -0.39 is 68.3 Å². The second kappa shape index (κ2) is 14.7. The van der Waals surface area contributed by atoms with Crippen molar-refractivity contribution in [3.63, 3.8) is 0 Å². The molecule has 41 heavy (non-hydrogen) atoms. The van der Waals surface area contributed by atoms with Gasteiger partial charge in [0.05, 0.1) is 50.2 Å². The summed E-state index contributed by atoms with van der Waals surface area (Å²) in [6.07, 6.45) is -1.94. The molecule has 0 bridgehead atoms. The van der Waals surface area contributed by atoms with Crippen LogP contribution in [0.5, 0.6) is 0 Å². The van der Waals surface area contributed by atoms with E-state index in [1.54, 1.807) is 0 Å². The van der Waals surface area contributed by atoms with Crippen LogP contribution >= 0.6 is 7.60 Å². The highest BCUT2D eigenvalue weighted by molar-refractivity contribution is 7.52. The molecule has 0 radical (unpaired) electrons. The lowest BCUT2D eigenvalue weighted by molar-refractivity contribution is -0.463. The van der Waals surface area contributed by atoms with Gasteiger partial charge in [-0.25, -0.2) is 0 Å². The molecule has 0 spiro atoms. The fourth-order valence-corrected chi connectivity index (χ4v) is 7.28. The van der Waals surface area contributed by atoms with Gasteiger partial charge in [-0.05, 0) is 25.7 Å². The van der Waals surface area contributed by atoms with Crippen molar-refractivity contribution >= 4 is 7.60 Å². The molecule has 2 aliphatic heterocycles. The van der Waals surface area contributed by atoms with Gasteiger partial charge in [0.15, 0.2) is 18.4 Å². The maximum Gasteiger partial charge on any atom is 0.327 e. The quantitative estimate of drug-likeness (QED) is 0.103. The molecule has 15 heteroatoms. The van der Waals surface area contributed by atoms with E-state index in [4.69, 9.17) is 42.5 Å². The van der Waals surface area contributed by atoms with Crippen LogP contribution in [0.4, 0.5) is 0 Å². The second-order valence-electron chi connectivity index (χ2n) is 11.2. The van der Waals surface area contributed by atoms with E-state index in [9.17, 15) is 19.7 Å². The van der Waals surface area contributed by atoms with Crippen LogP contribution in [0.25, 0.3) is 0 Å². The molecule has 0 amide bonds. The Morgan fingerprint density at radius 1 is 1.05 bits per heavy atom. The number of nitrogens with one attached hydrogen (secondary N) is 1. The topological polar surface area (TPSA) is 173 Å². The standard InChI is InChI=1S/C26H48NO13P/c1-6-16-20(28)18(14-32-2)38-25(36-11-12-37-27-15-8-7-9-15)22(16)39-24-19-23(33-3)21(29)17(26(19,34-4)40-24)10-13-41(30,31)35-5/h15-25,27-29H,6-14H2,1-5H3,(H,30,31)/t16?,17?,18?,19?,20-,21+,22?,23?,24-,25-,26?/m0/s1. The first kappa shape index (κ1) is 33.6. The van der Waals surface area contributed by atoms with Crippen molar-refractivity contribution in [1.82, 2.24) is 5.48 Å². The number of aliphatic hydroxyl groups excluding tert-OH is 2. The van der Waals surface area contributed by atoms with Crippen LogP contribution in [-0.4, -0.2) is 124 Å². The van der Waals surface area contributed by atoms with E-state index in [0.29, 0.717) is 19.1 Å². The molecule has 2 saturated carbocycles. The highest BCUT2D eigenvalue weighted by Gasteiger charge is 2.73. The Morgan fingerprint density at radius 2 is 1.80 bits per heavy atom. The molecule has 0 aromatic carbocycles. The number of hydrogen-bond acceptors (Lipinski definition) is 13. The molecular formula is C26H48NO13P. The number of methoxy groups -OCH3 is 3. The fourth-order valence-electron chi connectivity index (χ4n) is 6.49. The Balaban J connectivity index is 1.47. The van der Waals surface area contributed by atoms with Gasteiger partial charge < -0.3 is 52.8 Å². The zero-order valence-corrected chi connectivity index (χ0v) is 25.5. The molecule has 240 valence electrons. The van der Waals surface area contributed by atoms with Crippen LogP contribution in [0.3, 0.4) is 0 Å². The Labute approximate surface area is 241 Å². The fraction of sp³-hybridized carbons (Fsp3) is 1.00. The first-order valence-corrected chi connectivity index (χ1v) is 16.2. The third-order valence-electron chi connectivity index (χ3n) is 9.01. The lowest BCUT2D eigenvalue weighted by atomic mass is 9.85. The van der Waals surface area contributed by atoms with Crippen molar-refractivity contribution in [2.75, 3.05) is 54.4 Å². The Hall–Kier alpha value is -0.290. The minimum atomic E-state index is -3.83. The number of ether oxygens (including phenoxy) is 7. The third kappa shape index (κ3) is 7.02. The SMILES string of the molecule is CCC1C(O[C@H]2OC3(OC)C2C(OC)[C@H](O)C3CCP(=O)(O)OC)[C@@H](OCCONC2CCC2)OC(COC)[C@H]1O. The summed E-state index contributed by atoms with van der Waals surface area (Å²) in [6.45, 7) is 2.63. The average molecular weight is 614 g/mol. The first-order valence-electron chi connectivity index (χ1n) is 14.4. The summed E-state index contributed by atoms with van der Waals surface area (Å²) in [5, 5.41) is 22.3. The van der Waals surface area contributed by atoms with Crippen LogP contribution in [-0.2, 0) is 47.1 Å². The van der Waals surface area contributed by atoms with E-state index >= 15 is 0 Å². The summed E-state index contributed by atoms with van der Waals surface area (Å²) >= 11 is 0. The normalized spacial score (nSPS) is 42.3. The van der Waals surface area contributed by atoms with Crippen molar-refractivity contribution in [1.29, 1.82) is 0 Å². The molecule has 12 atom stereocenters. The van der Waals surface area contributed by atoms with Gasteiger partial charge in [0.2, 0.25) is 0 Å².